The van der Waals surface area contributed by atoms with Gasteiger partial charge in [0.05, 0.1) is 24.2 Å². The molecule has 0 atom stereocenters. The van der Waals surface area contributed by atoms with Crippen molar-refractivity contribution in [3.05, 3.63) is 28.2 Å². The van der Waals surface area contributed by atoms with Crippen molar-refractivity contribution in [3.8, 4) is 0 Å². The molecule has 0 aliphatic carbocycles. The first-order chi connectivity index (χ1) is 13.3. The molecule has 1 N–H and O–H groups in total. The zero-order valence-corrected chi connectivity index (χ0v) is 18.2. The van der Waals surface area contributed by atoms with Gasteiger partial charge in [0.1, 0.15) is 0 Å². The quantitative estimate of drug-likeness (QED) is 0.618. The zero-order valence-electron chi connectivity index (χ0n) is 15.8. The summed E-state index contributed by atoms with van der Waals surface area (Å²) >= 11 is 3.33. The fourth-order valence-corrected chi connectivity index (χ4v) is 4.25. The Kier molecular flexibility index (Phi) is 8.23. The number of sulfonamides is 1. The van der Waals surface area contributed by atoms with Crippen molar-refractivity contribution >= 4 is 38.0 Å². The lowest BCUT2D eigenvalue weighted by molar-refractivity contribution is 0.0756. The first-order valence-electron chi connectivity index (χ1n) is 8.70. The maximum Gasteiger partial charge on any atom is 0.409 e. The van der Waals surface area contributed by atoms with Crippen LogP contribution in [0.5, 0.6) is 0 Å². The number of rotatable bonds is 6. The zero-order chi connectivity index (χ0) is 20.7. The van der Waals surface area contributed by atoms with Crippen LogP contribution in [0.1, 0.15) is 16.8 Å². The van der Waals surface area contributed by atoms with Crippen LogP contribution in [-0.2, 0) is 19.5 Å². The Bertz CT molecular complexity index is 817. The number of amides is 2. The van der Waals surface area contributed by atoms with Crippen molar-refractivity contribution in [3.63, 3.8) is 0 Å². The second kappa shape index (κ2) is 10.2. The van der Waals surface area contributed by atoms with Crippen molar-refractivity contribution in [2.45, 2.75) is 11.3 Å². The van der Waals surface area contributed by atoms with Crippen LogP contribution in [0.15, 0.2) is 27.6 Å². The number of ether oxygens (including phenoxy) is 2. The van der Waals surface area contributed by atoms with Crippen LogP contribution in [0.2, 0.25) is 0 Å². The monoisotopic (exact) mass is 477 g/mol. The van der Waals surface area contributed by atoms with Gasteiger partial charge in [-0.25, -0.2) is 17.9 Å². The van der Waals surface area contributed by atoms with Gasteiger partial charge in [0, 0.05) is 44.3 Å². The fraction of sp³-hybridized carbons (Fsp3) is 0.529. The van der Waals surface area contributed by atoms with Gasteiger partial charge in [-0.2, -0.15) is 0 Å². The highest BCUT2D eigenvalue weighted by Gasteiger charge is 2.25. The summed E-state index contributed by atoms with van der Waals surface area (Å²) in [6.07, 6.45) is 0.181. The van der Waals surface area contributed by atoms with Gasteiger partial charge in [-0.3, -0.25) is 4.79 Å². The minimum absolute atomic E-state index is 0.00108. The van der Waals surface area contributed by atoms with E-state index in [0.717, 1.165) is 0 Å². The van der Waals surface area contributed by atoms with Crippen LogP contribution in [0, 0.1) is 0 Å². The molecule has 0 radical (unpaired) electrons. The predicted molar refractivity (Wildman–Crippen MR) is 106 cm³/mol. The summed E-state index contributed by atoms with van der Waals surface area (Å²) in [5.74, 6) is -0.299. The van der Waals surface area contributed by atoms with Gasteiger partial charge in [-0.1, -0.05) is 0 Å². The number of hydrogen-bond acceptors (Lipinski definition) is 6. The molecular formula is C17H24BrN3O6S. The van der Waals surface area contributed by atoms with Gasteiger partial charge >= 0.3 is 6.09 Å². The molecule has 1 fully saturated rings. The molecule has 156 valence electrons. The topological polar surface area (TPSA) is 105 Å². The second-order valence-electron chi connectivity index (χ2n) is 6.14. The van der Waals surface area contributed by atoms with Crippen LogP contribution in [0.3, 0.4) is 0 Å². The van der Waals surface area contributed by atoms with Crippen molar-refractivity contribution in [1.82, 2.24) is 14.5 Å². The molecule has 1 aliphatic rings. The molecule has 1 saturated heterocycles. The molecule has 1 aromatic rings. The highest BCUT2D eigenvalue weighted by molar-refractivity contribution is 9.10. The minimum Gasteiger partial charge on any atom is -0.453 e. The van der Waals surface area contributed by atoms with E-state index in [0.29, 0.717) is 37.1 Å². The molecule has 1 aromatic carbocycles. The maximum absolute atomic E-state index is 13.0. The van der Waals surface area contributed by atoms with Crippen molar-refractivity contribution in [2.75, 3.05) is 53.6 Å². The first-order valence-corrected chi connectivity index (χ1v) is 11.0. The van der Waals surface area contributed by atoms with Crippen LogP contribution >= 0.6 is 15.9 Å². The van der Waals surface area contributed by atoms with E-state index in [-0.39, 0.29) is 29.5 Å². The number of nitrogens with one attached hydrogen (secondary N) is 1. The van der Waals surface area contributed by atoms with E-state index in [9.17, 15) is 18.0 Å². The molecular weight excluding hydrogens is 454 g/mol. The predicted octanol–water partition coefficient (Wildman–Crippen LogP) is 1.29. The third kappa shape index (κ3) is 5.66. The summed E-state index contributed by atoms with van der Waals surface area (Å²) < 4.78 is 37.3. The highest BCUT2D eigenvalue weighted by atomic mass is 79.9. The van der Waals surface area contributed by atoms with Crippen LogP contribution < -0.4 is 4.72 Å². The van der Waals surface area contributed by atoms with Crippen molar-refractivity contribution in [2.24, 2.45) is 0 Å². The van der Waals surface area contributed by atoms with E-state index in [2.05, 4.69) is 20.7 Å². The summed E-state index contributed by atoms with van der Waals surface area (Å²) in [6, 6.07) is 4.32. The highest BCUT2D eigenvalue weighted by Crippen LogP contribution is 2.23. The van der Waals surface area contributed by atoms with E-state index < -0.39 is 16.1 Å². The molecule has 2 amide bonds. The Labute approximate surface area is 173 Å². The average molecular weight is 478 g/mol. The minimum atomic E-state index is -3.76. The summed E-state index contributed by atoms with van der Waals surface area (Å²) in [5.41, 5.74) is 0.251. The lowest BCUT2D eigenvalue weighted by Gasteiger charge is -2.22. The molecule has 11 heteroatoms. The van der Waals surface area contributed by atoms with Gasteiger partial charge in [-0.05, 0) is 40.5 Å². The van der Waals surface area contributed by atoms with Crippen LogP contribution in [0.25, 0.3) is 0 Å². The molecule has 0 spiro atoms. The van der Waals surface area contributed by atoms with Gasteiger partial charge < -0.3 is 19.3 Å². The average Bonchev–Trinajstić information content (AvgIpc) is 2.93. The SMILES string of the molecule is COCCNS(=O)(=O)c1ccc(Br)c(C(=O)N2CCCN(C(=O)OC)CC2)c1. The number of carbonyl (C=O) groups is 2. The molecule has 9 nitrogen and oxygen atoms in total. The third-order valence-electron chi connectivity index (χ3n) is 4.29. The Morgan fingerprint density at radius 2 is 1.82 bits per heavy atom. The molecule has 0 aromatic heterocycles. The molecule has 1 heterocycles. The normalized spacial score (nSPS) is 15.2. The summed E-state index contributed by atoms with van der Waals surface area (Å²) in [7, 11) is -0.959. The standard InChI is InChI=1S/C17H24BrN3O6S/c1-26-11-6-19-28(24,25)13-4-5-15(18)14(12-13)16(22)20-7-3-8-21(10-9-20)17(23)27-2/h4-5,12,19H,3,6-11H2,1-2H3. The fourth-order valence-electron chi connectivity index (χ4n) is 2.80. The lowest BCUT2D eigenvalue weighted by atomic mass is 10.2. The van der Waals surface area contributed by atoms with Gasteiger partial charge in [-0.15, -0.1) is 0 Å². The third-order valence-corrected chi connectivity index (χ3v) is 6.44. The molecule has 1 aliphatic heterocycles. The molecule has 0 saturated carbocycles. The van der Waals surface area contributed by atoms with Gasteiger partial charge in [0.25, 0.3) is 5.91 Å². The Morgan fingerprint density at radius 3 is 2.50 bits per heavy atom. The van der Waals surface area contributed by atoms with Gasteiger partial charge in [0.2, 0.25) is 10.0 Å². The Balaban J connectivity index is 2.18. The number of nitrogens with zero attached hydrogens (tertiary/aromatic N) is 2. The number of methoxy groups -OCH3 is 2. The number of benzene rings is 1. The molecule has 28 heavy (non-hydrogen) atoms. The second-order valence-corrected chi connectivity index (χ2v) is 8.76. The van der Waals surface area contributed by atoms with E-state index in [4.69, 9.17) is 9.47 Å². The number of halogens is 1. The smallest absolute Gasteiger partial charge is 0.409 e. The number of hydrogen-bond donors (Lipinski definition) is 1. The van der Waals surface area contributed by atoms with E-state index >= 15 is 0 Å². The van der Waals surface area contributed by atoms with Crippen molar-refractivity contribution in [1.29, 1.82) is 0 Å². The Hall–Kier alpha value is -1.69. The summed E-state index contributed by atoms with van der Waals surface area (Å²) in [6.45, 7) is 2.02. The first kappa shape index (κ1) is 22.6. The summed E-state index contributed by atoms with van der Waals surface area (Å²) in [4.78, 5) is 27.8. The van der Waals surface area contributed by atoms with E-state index in [1.165, 1.54) is 32.4 Å². The summed E-state index contributed by atoms with van der Waals surface area (Å²) in [5, 5.41) is 0. The number of carbonyl (C=O) groups excluding carboxylic acids is 2. The Morgan fingerprint density at radius 1 is 1.14 bits per heavy atom. The largest absolute Gasteiger partial charge is 0.453 e. The van der Waals surface area contributed by atoms with Crippen LogP contribution in [0.4, 0.5) is 4.79 Å². The lowest BCUT2D eigenvalue weighted by Crippen LogP contribution is -2.37. The van der Waals surface area contributed by atoms with E-state index in [1.807, 2.05) is 0 Å². The molecule has 0 unspecified atom stereocenters. The van der Waals surface area contributed by atoms with Gasteiger partial charge in [0.15, 0.2) is 0 Å². The maximum atomic E-state index is 13.0. The molecule has 0 bridgehead atoms. The van der Waals surface area contributed by atoms with Crippen molar-refractivity contribution < 1.29 is 27.5 Å². The van der Waals surface area contributed by atoms with Crippen LogP contribution in [-0.4, -0.2) is 83.8 Å². The van der Waals surface area contributed by atoms with E-state index in [1.54, 1.807) is 9.80 Å². The molecule has 2 rings (SSSR count).